The van der Waals surface area contributed by atoms with Crippen LogP contribution in [-0.2, 0) is 11.3 Å². The fraction of sp³-hybridized carbons (Fsp3) is 0.125. The quantitative estimate of drug-likeness (QED) is 0.753. The maximum absolute atomic E-state index is 14.2. The van der Waals surface area contributed by atoms with Crippen LogP contribution in [0.15, 0.2) is 46.9 Å². The number of carboxylic acids is 1. The minimum atomic E-state index is -1.27. The Bertz CT molecular complexity index is 752. The molecule has 0 unspecified atom stereocenters. The van der Waals surface area contributed by atoms with E-state index in [2.05, 4.69) is 15.9 Å². The molecule has 0 bridgehead atoms. The molecule has 0 radical (unpaired) electrons. The van der Waals surface area contributed by atoms with Gasteiger partial charge in [-0.1, -0.05) is 32.5 Å². The summed E-state index contributed by atoms with van der Waals surface area (Å²) in [6, 6.07) is 9.50. The van der Waals surface area contributed by atoms with E-state index < -0.39 is 29.9 Å². The molecule has 0 aliphatic carbocycles. The fourth-order valence-electron chi connectivity index (χ4n) is 1.89. The van der Waals surface area contributed by atoms with E-state index in [1.54, 1.807) is 24.3 Å². The molecule has 0 aromatic heterocycles. The van der Waals surface area contributed by atoms with Crippen molar-refractivity contribution in [2.75, 3.05) is 6.61 Å². The van der Waals surface area contributed by atoms with Crippen LogP contribution in [-0.4, -0.2) is 28.7 Å². The number of ether oxygens (including phenoxy) is 1. The lowest BCUT2D eigenvalue weighted by molar-refractivity contribution is -0.139. The van der Waals surface area contributed by atoms with Gasteiger partial charge < -0.3 is 9.84 Å². The van der Waals surface area contributed by atoms with Gasteiger partial charge in [0.05, 0.1) is 12.1 Å². The number of hydrogen-bond donors (Lipinski definition) is 1. The van der Waals surface area contributed by atoms with Gasteiger partial charge in [0.2, 0.25) is 0 Å². The largest absolute Gasteiger partial charge is 0.481 e. The summed E-state index contributed by atoms with van der Waals surface area (Å²) in [5.41, 5.74) is 0.134. The number of rotatable bonds is 6. The number of carbonyl (C=O) groups excluding carboxylic acids is 1. The normalized spacial score (nSPS) is 10.3. The Balaban J connectivity index is 2.19. The molecule has 0 saturated carbocycles. The maximum atomic E-state index is 14.2. The lowest BCUT2D eigenvalue weighted by atomic mass is 10.1. The number of carbonyl (C=O) groups is 2. The Labute approximate surface area is 144 Å². The second-order valence-corrected chi connectivity index (χ2v) is 5.69. The highest BCUT2D eigenvalue weighted by Crippen LogP contribution is 2.23. The summed E-state index contributed by atoms with van der Waals surface area (Å²) in [6.07, 6.45) is 0. The van der Waals surface area contributed by atoms with E-state index >= 15 is 0 Å². The predicted molar refractivity (Wildman–Crippen MR) is 84.7 cm³/mol. The second-order valence-electron chi connectivity index (χ2n) is 4.77. The molecule has 126 valence electrons. The molecule has 0 atom stereocenters. The molecule has 0 spiro atoms. The Hall–Kier alpha value is -2.48. The zero-order chi connectivity index (χ0) is 17.7. The van der Waals surface area contributed by atoms with Crippen LogP contribution in [0.2, 0.25) is 0 Å². The van der Waals surface area contributed by atoms with Crippen molar-refractivity contribution < 1.29 is 28.3 Å². The van der Waals surface area contributed by atoms with Crippen LogP contribution in [0.25, 0.3) is 0 Å². The molecule has 24 heavy (non-hydrogen) atoms. The van der Waals surface area contributed by atoms with Crippen molar-refractivity contribution in [1.82, 2.24) is 5.12 Å². The van der Waals surface area contributed by atoms with Crippen molar-refractivity contribution in [3.8, 4) is 5.75 Å². The van der Waals surface area contributed by atoms with Gasteiger partial charge in [0, 0.05) is 4.47 Å². The average molecular weight is 400 g/mol. The molecule has 0 aliphatic heterocycles. The summed E-state index contributed by atoms with van der Waals surface area (Å²) in [4.78, 5) is 22.7. The van der Waals surface area contributed by atoms with Crippen molar-refractivity contribution in [1.29, 1.82) is 0 Å². The number of carboxylic acid groups (broad SMARTS) is 1. The predicted octanol–water partition coefficient (Wildman–Crippen LogP) is 3.58. The Morgan fingerprint density at radius 1 is 1.17 bits per heavy atom. The molecular formula is C16H12BrF2NO4. The second kappa shape index (κ2) is 7.87. The third-order valence-corrected chi connectivity index (χ3v) is 3.51. The molecule has 0 heterocycles. The topological polar surface area (TPSA) is 66.8 Å². The van der Waals surface area contributed by atoms with Gasteiger partial charge >= 0.3 is 5.97 Å². The van der Waals surface area contributed by atoms with E-state index in [-0.39, 0.29) is 17.4 Å². The molecule has 2 aromatic carbocycles. The van der Waals surface area contributed by atoms with Crippen LogP contribution in [0.4, 0.5) is 8.87 Å². The first kappa shape index (κ1) is 17.9. The summed E-state index contributed by atoms with van der Waals surface area (Å²) in [5, 5.41) is 8.52. The van der Waals surface area contributed by atoms with Crippen LogP contribution in [0, 0.1) is 5.82 Å². The first-order valence-electron chi connectivity index (χ1n) is 6.73. The first-order chi connectivity index (χ1) is 11.4. The van der Waals surface area contributed by atoms with Crippen molar-refractivity contribution in [2.45, 2.75) is 6.54 Å². The molecule has 0 fully saturated rings. The summed E-state index contributed by atoms with van der Waals surface area (Å²) in [6.45, 7) is -1.08. The molecule has 8 heteroatoms. The van der Waals surface area contributed by atoms with Crippen molar-refractivity contribution >= 4 is 27.8 Å². The molecular weight excluding hydrogens is 388 g/mol. The summed E-state index contributed by atoms with van der Waals surface area (Å²) >= 11 is 3.24. The number of aliphatic carboxylic acids is 1. The molecule has 0 saturated heterocycles. The monoisotopic (exact) mass is 399 g/mol. The standard InChI is InChI=1S/C16H12BrF2NO4/c17-11-3-1-10(2-4-11)8-20(19)16(23)13-7-12(18)5-6-14(13)24-9-15(21)22/h1-7H,8-9H2,(H,21,22). The van der Waals surface area contributed by atoms with Crippen LogP contribution >= 0.6 is 15.9 Å². The lowest BCUT2D eigenvalue weighted by Gasteiger charge is -2.15. The van der Waals surface area contributed by atoms with Crippen molar-refractivity contribution in [3.05, 3.63) is 63.9 Å². The van der Waals surface area contributed by atoms with Gasteiger partial charge in [-0.15, -0.1) is 0 Å². The molecule has 5 nitrogen and oxygen atoms in total. The number of nitrogens with zero attached hydrogens (tertiary/aromatic N) is 1. The maximum Gasteiger partial charge on any atom is 0.341 e. The zero-order valence-electron chi connectivity index (χ0n) is 12.2. The number of halogens is 3. The average Bonchev–Trinajstić information content (AvgIpc) is 2.55. The number of amides is 1. The van der Waals surface area contributed by atoms with Gasteiger partial charge in [-0.05, 0) is 35.9 Å². The first-order valence-corrected chi connectivity index (χ1v) is 7.52. The Morgan fingerprint density at radius 3 is 2.46 bits per heavy atom. The number of hydrogen-bond acceptors (Lipinski definition) is 3. The van der Waals surface area contributed by atoms with Gasteiger partial charge in [0.25, 0.3) is 5.91 Å². The van der Waals surface area contributed by atoms with Crippen LogP contribution in [0.1, 0.15) is 15.9 Å². The third-order valence-electron chi connectivity index (χ3n) is 2.98. The lowest BCUT2D eigenvalue weighted by Crippen LogP contribution is -2.23. The SMILES string of the molecule is O=C(O)COc1ccc(F)cc1C(=O)N(F)Cc1ccc(Br)cc1. The van der Waals surface area contributed by atoms with E-state index in [1.165, 1.54) is 0 Å². The van der Waals surface area contributed by atoms with Crippen LogP contribution in [0.5, 0.6) is 5.75 Å². The molecule has 1 amide bonds. The van der Waals surface area contributed by atoms with Crippen LogP contribution < -0.4 is 4.74 Å². The summed E-state index contributed by atoms with van der Waals surface area (Å²) in [7, 11) is 0. The van der Waals surface area contributed by atoms with Gasteiger partial charge in [0.15, 0.2) is 6.61 Å². The highest BCUT2D eigenvalue weighted by molar-refractivity contribution is 9.10. The van der Waals surface area contributed by atoms with E-state index in [4.69, 9.17) is 9.84 Å². The van der Waals surface area contributed by atoms with Gasteiger partial charge in [0.1, 0.15) is 11.6 Å². The minimum absolute atomic E-state index is 0.0916. The fourth-order valence-corrected chi connectivity index (χ4v) is 2.15. The highest BCUT2D eigenvalue weighted by Gasteiger charge is 2.21. The number of benzene rings is 2. The Kier molecular flexibility index (Phi) is 5.86. The van der Waals surface area contributed by atoms with E-state index in [1.807, 2.05) is 0 Å². The molecule has 2 aromatic rings. The molecule has 0 aliphatic rings. The minimum Gasteiger partial charge on any atom is -0.481 e. The zero-order valence-corrected chi connectivity index (χ0v) is 13.8. The van der Waals surface area contributed by atoms with Gasteiger partial charge in [-0.2, -0.15) is 5.12 Å². The van der Waals surface area contributed by atoms with E-state index in [0.717, 1.165) is 22.7 Å². The van der Waals surface area contributed by atoms with E-state index in [0.29, 0.717) is 5.56 Å². The third kappa shape index (κ3) is 4.76. The molecule has 2 rings (SSSR count). The van der Waals surface area contributed by atoms with Gasteiger partial charge in [-0.3, -0.25) is 4.79 Å². The molecule has 1 N–H and O–H groups in total. The van der Waals surface area contributed by atoms with Crippen LogP contribution in [0.3, 0.4) is 0 Å². The summed E-state index contributed by atoms with van der Waals surface area (Å²) in [5.74, 6) is -3.37. The smallest absolute Gasteiger partial charge is 0.341 e. The Morgan fingerprint density at radius 2 is 1.83 bits per heavy atom. The van der Waals surface area contributed by atoms with Crippen molar-refractivity contribution in [2.24, 2.45) is 0 Å². The summed E-state index contributed by atoms with van der Waals surface area (Å²) < 4.78 is 33.2. The van der Waals surface area contributed by atoms with E-state index in [9.17, 15) is 18.5 Å². The highest BCUT2D eigenvalue weighted by atomic mass is 79.9. The van der Waals surface area contributed by atoms with Gasteiger partial charge in [-0.25, -0.2) is 9.18 Å². The van der Waals surface area contributed by atoms with Crippen molar-refractivity contribution in [3.63, 3.8) is 0 Å².